The first-order valence-electron chi connectivity index (χ1n) is 13.2. The monoisotopic (exact) mass is 525 g/mol. The smallest absolute Gasteiger partial charge is 0.319 e. The predicted molar refractivity (Wildman–Crippen MR) is 146 cm³/mol. The number of anilines is 1. The molecule has 7 rings (SSSR count). The zero-order valence-corrected chi connectivity index (χ0v) is 21.6. The van der Waals surface area contributed by atoms with Gasteiger partial charge < -0.3 is 24.2 Å². The molecule has 9 nitrogen and oxygen atoms in total. The minimum absolute atomic E-state index is 0.0445. The number of phenolic OH excluding ortho intramolecular Hbond substituents is 1. The van der Waals surface area contributed by atoms with Crippen molar-refractivity contribution in [2.24, 2.45) is 0 Å². The second-order valence-electron chi connectivity index (χ2n) is 10.3. The Hall–Kier alpha value is -4.31. The average Bonchev–Trinajstić information content (AvgIpc) is 3.59. The van der Waals surface area contributed by atoms with Crippen LogP contribution in [0.2, 0.25) is 0 Å². The van der Waals surface area contributed by atoms with Crippen molar-refractivity contribution in [2.75, 3.05) is 31.6 Å². The second kappa shape index (κ2) is 9.46. The first kappa shape index (κ1) is 23.8. The number of likely N-dealkylation sites (N-methyl/N-ethyl adjacent to an activating group) is 1. The Kier molecular flexibility index (Phi) is 5.77. The molecule has 0 amide bonds. The van der Waals surface area contributed by atoms with Gasteiger partial charge in [-0.25, -0.2) is 9.37 Å². The fraction of sp³-hybridized carbons (Fsp3) is 0.310. The van der Waals surface area contributed by atoms with Crippen molar-refractivity contribution in [3.05, 3.63) is 66.6 Å². The fourth-order valence-electron chi connectivity index (χ4n) is 5.73. The summed E-state index contributed by atoms with van der Waals surface area (Å²) in [6.45, 7) is 3.47. The van der Waals surface area contributed by atoms with E-state index in [9.17, 15) is 5.11 Å². The van der Waals surface area contributed by atoms with E-state index in [1.165, 1.54) is 0 Å². The molecule has 0 radical (unpaired) electrons. The molecule has 3 aromatic heterocycles. The molecule has 2 aliphatic rings. The van der Waals surface area contributed by atoms with Crippen molar-refractivity contribution >= 4 is 27.5 Å². The van der Waals surface area contributed by atoms with Gasteiger partial charge in [0, 0.05) is 37.1 Å². The van der Waals surface area contributed by atoms with Gasteiger partial charge in [0.2, 0.25) is 0 Å². The van der Waals surface area contributed by atoms with Crippen LogP contribution in [0.25, 0.3) is 32.9 Å². The molecule has 0 bridgehead atoms. The van der Waals surface area contributed by atoms with E-state index in [2.05, 4.69) is 36.4 Å². The molecule has 1 saturated heterocycles. The number of fused-ring (bicyclic) bond motifs is 3. The maximum Gasteiger partial charge on any atom is 0.319 e. The minimum atomic E-state index is -0.572. The van der Waals surface area contributed by atoms with Crippen LogP contribution in [0.4, 0.5) is 10.2 Å². The number of rotatable bonds is 5. The number of pyridine rings is 1. The zero-order valence-electron chi connectivity index (χ0n) is 21.6. The molecule has 5 heterocycles. The lowest BCUT2D eigenvalue weighted by molar-refractivity contribution is 0.188. The van der Waals surface area contributed by atoms with Crippen LogP contribution < -0.4 is 9.64 Å². The summed E-state index contributed by atoms with van der Waals surface area (Å²) in [7, 11) is 2.09. The molecule has 0 saturated carbocycles. The molecule has 1 N–H and O–H groups in total. The van der Waals surface area contributed by atoms with Crippen molar-refractivity contribution in [2.45, 2.75) is 32.0 Å². The average molecular weight is 526 g/mol. The highest BCUT2D eigenvalue weighted by Crippen LogP contribution is 2.37. The summed E-state index contributed by atoms with van der Waals surface area (Å²) < 4.78 is 24.6. The molecule has 1 fully saturated rings. The minimum Gasteiger partial charge on any atom is -0.508 e. The Balaban J connectivity index is 1.36. The summed E-state index contributed by atoms with van der Waals surface area (Å²) in [5, 5.41) is 12.5. The van der Waals surface area contributed by atoms with Crippen molar-refractivity contribution in [3.63, 3.8) is 0 Å². The summed E-state index contributed by atoms with van der Waals surface area (Å²) >= 11 is 0. The van der Waals surface area contributed by atoms with Crippen molar-refractivity contribution < 1.29 is 14.2 Å². The second-order valence-corrected chi connectivity index (χ2v) is 10.3. The van der Waals surface area contributed by atoms with Gasteiger partial charge >= 0.3 is 6.01 Å². The zero-order chi connectivity index (χ0) is 26.5. The van der Waals surface area contributed by atoms with Crippen molar-refractivity contribution in [1.29, 1.82) is 0 Å². The van der Waals surface area contributed by atoms with Gasteiger partial charge in [0.15, 0.2) is 5.82 Å². The SMILES string of the molecule is CN1CCC[C@H]1COc1nc(N2CCn3cncc3C2)c2cnc(-c3cc(O)cc4ccccc34)c(F)c2n1. The largest absolute Gasteiger partial charge is 0.508 e. The van der Waals surface area contributed by atoms with E-state index in [1.54, 1.807) is 18.3 Å². The Bertz CT molecular complexity index is 1700. The molecule has 5 aromatic rings. The van der Waals surface area contributed by atoms with E-state index in [-0.39, 0.29) is 29.0 Å². The molecule has 198 valence electrons. The molecule has 10 heteroatoms. The molecule has 39 heavy (non-hydrogen) atoms. The van der Waals surface area contributed by atoms with Gasteiger partial charge in [-0.15, -0.1) is 0 Å². The summed E-state index contributed by atoms with van der Waals surface area (Å²) in [5.74, 6) is 0.0562. The highest BCUT2D eigenvalue weighted by Gasteiger charge is 2.26. The Morgan fingerprint density at radius 2 is 1.97 bits per heavy atom. The van der Waals surface area contributed by atoms with Crippen LogP contribution in [-0.4, -0.2) is 67.3 Å². The molecule has 0 spiro atoms. The lowest BCUT2D eigenvalue weighted by Gasteiger charge is -2.30. The fourth-order valence-corrected chi connectivity index (χ4v) is 5.73. The van der Waals surface area contributed by atoms with Crippen LogP contribution in [0.5, 0.6) is 11.8 Å². The van der Waals surface area contributed by atoms with Crippen LogP contribution in [0.1, 0.15) is 18.5 Å². The molecule has 1 atom stereocenters. The van der Waals surface area contributed by atoms with Gasteiger partial charge in [-0.3, -0.25) is 4.98 Å². The number of hydrogen-bond acceptors (Lipinski definition) is 8. The number of aromatic hydroxyl groups is 1. The number of aromatic nitrogens is 5. The number of nitrogens with zero attached hydrogens (tertiary/aromatic N) is 7. The molecule has 0 unspecified atom stereocenters. The highest BCUT2D eigenvalue weighted by molar-refractivity contribution is 5.99. The number of hydrogen-bond donors (Lipinski definition) is 1. The maximum absolute atomic E-state index is 16.4. The number of likely N-dealkylation sites (tertiary alicyclic amines) is 1. The van der Waals surface area contributed by atoms with Crippen LogP contribution in [0.3, 0.4) is 0 Å². The quantitative estimate of drug-likeness (QED) is 0.362. The summed E-state index contributed by atoms with van der Waals surface area (Å²) in [6.07, 6.45) is 7.46. The number of benzene rings is 2. The number of phenols is 1. The van der Waals surface area contributed by atoms with Gasteiger partial charge in [-0.2, -0.15) is 9.97 Å². The number of halogens is 1. The Morgan fingerprint density at radius 3 is 2.85 bits per heavy atom. The molecule has 2 aliphatic heterocycles. The van der Waals surface area contributed by atoms with E-state index in [0.29, 0.717) is 36.5 Å². The summed E-state index contributed by atoms with van der Waals surface area (Å²) in [6, 6.07) is 11.2. The third-order valence-electron chi connectivity index (χ3n) is 7.88. The van der Waals surface area contributed by atoms with Gasteiger partial charge in [0.1, 0.15) is 29.4 Å². The third-order valence-corrected chi connectivity index (χ3v) is 7.88. The van der Waals surface area contributed by atoms with Crippen molar-refractivity contribution in [1.82, 2.24) is 29.4 Å². The first-order chi connectivity index (χ1) is 19.0. The molecule has 2 aromatic carbocycles. The summed E-state index contributed by atoms with van der Waals surface area (Å²) in [4.78, 5) is 22.5. The third kappa shape index (κ3) is 4.21. The van der Waals surface area contributed by atoms with Crippen molar-refractivity contribution in [3.8, 4) is 23.0 Å². The number of imidazole rings is 1. The van der Waals surface area contributed by atoms with Gasteiger partial charge in [0.25, 0.3) is 0 Å². The topological polar surface area (TPSA) is 92.4 Å². The van der Waals surface area contributed by atoms with E-state index in [0.717, 1.165) is 42.4 Å². The first-order valence-corrected chi connectivity index (χ1v) is 13.2. The molecular formula is C29H28FN7O2. The highest BCUT2D eigenvalue weighted by atomic mass is 19.1. The lowest BCUT2D eigenvalue weighted by Crippen LogP contribution is -2.34. The van der Waals surface area contributed by atoms with E-state index in [4.69, 9.17) is 9.72 Å². The van der Waals surface area contributed by atoms with Crippen LogP contribution in [0.15, 0.2) is 55.1 Å². The van der Waals surface area contributed by atoms with Crippen LogP contribution in [-0.2, 0) is 13.1 Å². The standard InChI is InChI=1S/C29H28FN7O2/c1-35-8-4-6-19(35)16-39-29-33-27-24(28(34-29)36-9-10-37-17-31-13-20(37)15-36)14-32-26(25(27)30)23-12-21(38)11-18-5-2-3-7-22(18)23/h2-3,5,7,11-14,17,19,38H,4,6,8-10,15-16H2,1H3/t19-/m0/s1. The molecule has 0 aliphatic carbocycles. The molecular weight excluding hydrogens is 497 g/mol. The van der Waals surface area contributed by atoms with E-state index in [1.807, 2.05) is 36.8 Å². The normalized spacial score (nSPS) is 17.7. The van der Waals surface area contributed by atoms with E-state index < -0.39 is 5.82 Å². The predicted octanol–water partition coefficient (Wildman–Crippen LogP) is 4.38. The van der Waals surface area contributed by atoms with E-state index >= 15 is 4.39 Å². The van der Waals surface area contributed by atoms with Crippen LogP contribution in [0, 0.1) is 5.82 Å². The summed E-state index contributed by atoms with van der Waals surface area (Å²) in [5.41, 5.74) is 1.82. The Morgan fingerprint density at radius 1 is 1.08 bits per heavy atom. The number of ether oxygens (including phenoxy) is 1. The van der Waals surface area contributed by atoms with Gasteiger partial charge in [-0.1, -0.05) is 24.3 Å². The lowest BCUT2D eigenvalue weighted by atomic mass is 10.0. The van der Waals surface area contributed by atoms with Gasteiger partial charge in [-0.05, 0) is 49.3 Å². The van der Waals surface area contributed by atoms with Gasteiger partial charge in [0.05, 0.1) is 24.0 Å². The van der Waals surface area contributed by atoms with Crippen LogP contribution >= 0.6 is 0 Å². The Labute approximate surface area is 224 Å². The maximum atomic E-state index is 16.4.